The summed E-state index contributed by atoms with van der Waals surface area (Å²) in [6.45, 7) is 2.74. The lowest BCUT2D eigenvalue weighted by atomic mass is 10.3. The van der Waals surface area contributed by atoms with Crippen LogP contribution in [0.3, 0.4) is 0 Å². The predicted octanol–water partition coefficient (Wildman–Crippen LogP) is 1.04. The first-order chi connectivity index (χ1) is 8.65. The Kier molecular flexibility index (Phi) is 4.11. The Hall–Kier alpha value is -1.66. The van der Waals surface area contributed by atoms with Crippen molar-refractivity contribution in [2.45, 2.75) is 12.5 Å². The Labute approximate surface area is 105 Å². The van der Waals surface area contributed by atoms with Crippen molar-refractivity contribution in [3.05, 3.63) is 34.4 Å². The molecule has 0 saturated carbocycles. The van der Waals surface area contributed by atoms with E-state index in [1.165, 1.54) is 12.1 Å². The maximum atomic E-state index is 10.6. The van der Waals surface area contributed by atoms with E-state index in [4.69, 9.17) is 4.74 Å². The molecule has 6 nitrogen and oxygen atoms in total. The van der Waals surface area contributed by atoms with E-state index in [1.807, 2.05) is 0 Å². The topological polar surface area (TPSA) is 75.8 Å². The molecule has 1 aliphatic rings. The van der Waals surface area contributed by atoms with Gasteiger partial charge in [-0.15, -0.1) is 0 Å². The number of benzene rings is 1. The average molecular weight is 252 g/mol. The third kappa shape index (κ3) is 3.41. The monoisotopic (exact) mass is 252 g/mol. The van der Waals surface area contributed by atoms with Gasteiger partial charge in [-0.3, -0.25) is 15.0 Å². The van der Waals surface area contributed by atoms with Gasteiger partial charge in [-0.05, 0) is 12.5 Å². The highest BCUT2D eigenvalue weighted by Crippen LogP contribution is 2.19. The summed E-state index contributed by atoms with van der Waals surface area (Å²) in [5.41, 5.74) is 0.0316. The first kappa shape index (κ1) is 12.8. The predicted molar refractivity (Wildman–Crippen MR) is 65.7 cm³/mol. The van der Waals surface area contributed by atoms with Crippen molar-refractivity contribution in [2.24, 2.45) is 0 Å². The van der Waals surface area contributed by atoms with Crippen molar-refractivity contribution in [3.63, 3.8) is 0 Å². The van der Waals surface area contributed by atoms with Gasteiger partial charge >= 0.3 is 0 Å². The quantitative estimate of drug-likeness (QED) is 0.626. The Balaban J connectivity index is 1.79. The van der Waals surface area contributed by atoms with Crippen molar-refractivity contribution < 1.29 is 14.8 Å². The summed E-state index contributed by atoms with van der Waals surface area (Å²) in [6, 6.07) is 6.15. The zero-order valence-corrected chi connectivity index (χ0v) is 9.99. The lowest BCUT2D eigenvalue weighted by Crippen LogP contribution is -2.27. The molecular formula is C12H16N2O4. The fourth-order valence-electron chi connectivity index (χ4n) is 1.99. The fourth-order valence-corrected chi connectivity index (χ4v) is 1.99. The van der Waals surface area contributed by atoms with Crippen LogP contribution >= 0.6 is 0 Å². The summed E-state index contributed by atoms with van der Waals surface area (Å²) in [5, 5.41) is 19.9. The lowest BCUT2D eigenvalue weighted by Gasteiger charge is -2.15. The molecule has 2 rings (SSSR count). The van der Waals surface area contributed by atoms with E-state index in [9.17, 15) is 15.2 Å². The molecule has 1 aliphatic heterocycles. The van der Waals surface area contributed by atoms with E-state index < -0.39 is 4.92 Å². The number of aliphatic hydroxyl groups is 1. The van der Waals surface area contributed by atoms with Crippen LogP contribution in [-0.4, -0.2) is 47.3 Å². The zero-order chi connectivity index (χ0) is 13.0. The van der Waals surface area contributed by atoms with Crippen LogP contribution in [0.25, 0.3) is 0 Å². The number of nitrogens with zero attached hydrogens (tertiary/aromatic N) is 2. The standard InChI is InChI=1S/C12H16N2O4/c15-11-4-5-13(9-11)6-7-18-12-3-1-2-10(8-12)14(16)17/h1-3,8,11,15H,4-7,9H2/t11-/m1/s1. The van der Waals surface area contributed by atoms with Gasteiger partial charge < -0.3 is 9.84 Å². The molecule has 0 aromatic heterocycles. The molecule has 6 heteroatoms. The van der Waals surface area contributed by atoms with Crippen LogP contribution in [-0.2, 0) is 0 Å². The number of non-ortho nitro benzene ring substituents is 1. The number of nitro groups is 1. The SMILES string of the molecule is O=[N+]([O-])c1cccc(OCCN2CC[C@@H](O)C2)c1. The van der Waals surface area contributed by atoms with Gasteiger partial charge in [-0.25, -0.2) is 0 Å². The normalized spacial score (nSPS) is 19.9. The molecular weight excluding hydrogens is 236 g/mol. The van der Waals surface area contributed by atoms with E-state index in [-0.39, 0.29) is 11.8 Å². The molecule has 0 unspecified atom stereocenters. The maximum Gasteiger partial charge on any atom is 0.273 e. The average Bonchev–Trinajstić information content (AvgIpc) is 2.75. The summed E-state index contributed by atoms with van der Waals surface area (Å²) in [6.07, 6.45) is 0.569. The maximum absolute atomic E-state index is 10.6. The lowest BCUT2D eigenvalue weighted by molar-refractivity contribution is -0.384. The van der Waals surface area contributed by atoms with Gasteiger partial charge in [0.15, 0.2) is 0 Å². The Morgan fingerprint density at radius 2 is 2.39 bits per heavy atom. The highest BCUT2D eigenvalue weighted by Gasteiger charge is 2.19. The van der Waals surface area contributed by atoms with E-state index in [0.29, 0.717) is 18.9 Å². The molecule has 98 valence electrons. The Morgan fingerprint density at radius 1 is 1.56 bits per heavy atom. The molecule has 1 aromatic carbocycles. The first-order valence-electron chi connectivity index (χ1n) is 5.93. The van der Waals surface area contributed by atoms with Crippen molar-refractivity contribution in [2.75, 3.05) is 26.2 Å². The van der Waals surface area contributed by atoms with Crippen LogP contribution < -0.4 is 4.74 Å². The van der Waals surface area contributed by atoms with Crippen molar-refractivity contribution in [3.8, 4) is 5.75 Å². The molecule has 1 saturated heterocycles. The van der Waals surface area contributed by atoms with Crippen LogP contribution in [0.1, 0.15) is 6.42 Å². The first-order valence-corrected chi connectivity index (χ1v) is 5.93. The zero-order valence-electron chi connectivity index (χ0n) is 9.99. The van der Waals surface area contributed by atoms with Crippen LogP contribution in [0.5, 0.6) is 5.75 Å². The second kappa shape index (κ2) is 5.79. The molecule has 1 fully saturated rings. The number of ether oxygens (including phenoxy) is 1. The molecule has 1 atom stereocenters. The molecule has 0 spiro atoms. The number of rotatable bonds is 5. The third-order valence-electron chi connectivity index (χ3n) is 2.95. The number of nitro benzene ring substituents is 1. The summed E-state index contributed by atoms with van der Waals surface area (Å²) in [5.74, 6) is 0.504. The Morgan fingerprint density at radius 3 is 3.06 bits per heavy atom. The number of hydrogen-bond acceptors (Lipinski definition) is 5. The molecule has 1 heterocycles. The molecule has 18 heavy (non-hydrogen) atoms. The highest BCUT2D eigenvalue weighted by molar-refractivity contribution is 5.37. The smallest absolute Gasteiger partial charge is 0.273 e. The minimum absolute atomic E-state index is 0.0316. The third-order valence-corrected chi connectivity index (χ3v) is 2.95. The van der Waals surface area contributed by atoms with Gasteiger partial charge in [0.05, 0.1) is 17.1 Å². The van der Waals surface area contributed by atoms with Crippen LogP contribution in [0.2, 0.25) is 0 Å². The van der Waals surface area contributed by atoms with Gasteiger partial charge in [0.25, 0.3) is 5.69 Å². The number of likely N-dealkylation sites (tertiary alicyclic amines) is 1. The second-order valence-corrected chi connectivity index (χ2v) is 4.35. The van der Waals surface area contributed by atoms with E-state index in [1.54, 1.807) is 12.1 Å². The highest BCUT2D eigenvalue weighted by atomic mass is 16.6. The summed E-state index contributed by atoms with van der Waals surface area (Å²) < 4.78 is 5.47. The number of aliphatic hydroxyl groups excluding tert-OH is 1. The molecule has 1 N–H and O–H groups in total. The van der Waals surface area contributed by atoms with E-state index in [2.05, 4.69) is 4.90 Å². The fraction of sp³-hybridized carbons (Fsp3) is 0.500. The van der Waals surface area contributed by atoms with Gasteiger partial charge in [-0.2, -0.15) is 0 Å². The van der Waals surface area contributed by atoms with E-state index in [0.717, 1.165) is 19.5 Å². The molecule has 1 aromatic rings. The number of β-amino-alcohol motifs (C(OH)–C–C–N with tert-alkyl or cyclic N) is 1. The summed E-state index contributed by atoms with van der Waals surface area (Å²) >= 11 is 0. The van der Waals surface area contributed by atoms with E-state index >= 15 is 0 Å². The van der Waals surface area contributed by atoms with Gasteiger partial charge in [0, 0.05) is 25.7 Å². The van der Waals surface area contributed by atoms with Gasteiger partial charge in [-0.1, -0.05) is 6.07 Å². The van der Waals surface area contributed by atoms with Gasteiger partial charge in [0.1, 0.15) is 12.4 Å². The van der Waals surface area contributed by atoms with Gasteiger partial charge in [0.2, 0.25) is 0 Å². The Bertz CT molecular complexity index is 424. The summed E-state index contributed by atoms with van der Waals surface area (Å²) in [4.78, 5) is 12.3. The summed E-state index contributed by atoms with van der Waals surface area (Å²) in [7, 11) is 0. The van der Waals surface area contributed by atoms with Crippen LogP contribution in [0, 0.1) is 10.1 Å². The van der Waals surface area contributed by atoms with Crippen LogP contribution in [0.4, 0.5) is 5.69 Å². The molecule has 0 amide bonds. The largest absolute Gasteiger partial charge is 0.492 e. The van der Waals surface area contributed by atoms with Crippen molar-refractivity contribution >= 4 is 5.69 Å². The van der Waals surface area contributed by atoms with Crippen molar-refractivity contribution in [1.82, 2.24) is 4.90 Å². The molecule has 0 bridgehead atoms. The minimum atomic E-state index is -0.441. The second-order valence-electron chi connectivity index (χ2n) is 4.35. The molecule has 0 radical (unpaired) electrons. The number of hydrogen-bond donors (Lipinski definition) is 1. The van der Waals surface area contributed by atoms with Crippen molar-refractivity contribution in [1.29, 1.82) is 0 Å². The van der Waals surface area contributed by atoms with Crippen LogP contribution in [0.15, 0.2) is 24.3 Å². The molecule has 0 aliphatic carbocycles. The minimum Gasteiger partial charge on any atom is -0.492 e.